The van der Waals surface area contributed by atoms with Crippen LogP contribution in [0.5, 0.6) is 5.75 Å². The van der Waals surface area contributed by atoms with Gasteiger partial charge in [0.2, 0.25) is 0 Å². The lowest BCUT2D eigenvalue weighted by molar-refractivity contribution is -0.387. The number of nitrogens with one attached hydrogen (secondary N) is 2. The first-order chi connectivity index (χ1) is 12.7. The number of hydrazine groups is 1. The van der Waals surface area contributed by atoms with Gasteiger partial charge >= 0.3 is 0 Å². The van der Waals surface area contributed by atoms with Gasteiger partial charge in [0, 0.05) is 18.2 Å². The Hall–Kier alpha value is -3.58. The van der Waals surface area contributed by atoms with Gasteiger partial charge in [-0.1, -0.05) is 12.1 Å². The smallest absolute Gasteiger partial charge is 0.289 e. The zero-order valence-electron chi connectivity index (χ0n) is 13.4. The molecule has 142 valence electrons. The second-order valence-corrected chi connectivity index (χ2v) is 6.57. The Balaban J connectivity index is 1.95. The van der Waals surface area contributed by atoms with Crippen molar-refractivity contribution in [2.75, 3.05) is 6.61 Å². The highest BCUT2D eigenvalue weighted by molar-refractivity contribution is 7.89. The SMILES string of the molecule is O=C(COc1ccc([N+](=O)[O-])cc1)NNS(=O)(=O)c1ccccc1[N+](=O)[O-]. The van der Waals surface area contributed by atoms with Gasteiger partial charge < -0.3 is 4.74 Å². The number of ether oxygens (including phenoxy) is 1. The van der Waals surface area contributed by atoms with Crippen LogP contribution >= 0.6 is 0 Å². The Morgan fingerprint density at radius 2 is 1.63 bits per heavy atom. The maximum absolute atomic E-state index is 12.1. The van der Waals surface area contributed by atoms with E-state index in [4.69, 9.17) is 4.74 Å². The summed E-state index contributed by atoms with van der Waals surface area (Å²) in [5.74, 6) is -0.743. The minimum absolute atomic E-state index is 0.150. The first-order valence-corrected chi connectivity index (χ1v) is 8.60. The number of rotatable bonds is 8. The fourth-order valence-electron chi connectivity index (χ4n) is 1.86. The van der Waals surface area contributed by atoms with Crippen LogP contribution in [-0.2, 0) is 14.8 Å². The Labute approximate surface area is 152 Å². The number of carbonyl (C=O) groups is 1. The minimum atomic E-state index is -4.38. The molecule has 13 heteroatoms. The number of benzene rings is 2. The van der Waals surface area contributed by atoms with Gasteiger partial charge in [-0.25, -0.2) is 8.42 Å². The van der Waals surface area contributed by atoms with E-state index in [1.54, 1.807) is 4.83 Å². The summed E-state index contributed by atoms with van der Waals surface area (Å²) in [6, 6.07) is 9.49. The van der Waals surface area contributed by atoms with E-state index >= 15 is 0 Å². The van der Waals surface area contributed by atoms with Crippen molar-refractivity contribution >= 4 is 27.3 Å². The number of nitrogens with zero attached hydrogens (tertiary/aromatic N) is 2. The van der Waals surface area contributed by atoms with Crippen molar-refractivity contribution in [3.63, 3.8) is 0 Å². The van der Waals surface area contributed by atoms with Crippen molar-refractivity contribution in [2.45, 2.75) is 4.90 Å². The van der Waals surface area contributed by atoms with E-state index in [2.05, 4.69) is 0 Å². The Kier molecular flexibility index (Phi) is 5.99. The molecule has 12 nitrogen and oxygen atoms in total. The van der Waals surface area contributed by atoms with Crippen LogP contribution in [-0.4, -0.2) is 30.8 Å². The second kappa shape index (κ2) is 8.20. The van der Waals surface area contributed by atoms with E-state index in [1.165, 1.54) is 36.4 Å². The second-order valence-electron chi connectivity index (χ2n) is 4.92. The summed E-state index contributed by atoms with van der Waals surface area (Å²) in [4.78, 5) is 32.8. The molecule has 2 aromatic carbocycles. The number of sulfonamides is 1. The fourth-order valence-corrected chi connectivity index (χ4v) is 2.90. The first kappa shape index (κ1) is 19.7. The molecule has 27 heavy (non-hydrogen) atoms. The highest BCUT2D eigenvalue weighted by atomic mass is 32.2. The van der Waals surface area contributed by atoms with Gasteiger partial charge in [0.15, 0.2) is 11.5 Å². The number of amides is 1. The quantitative estimate of drug-likeness (QED) is 0.489. The van der Waals surface area contributed by atoms with E-state index in [1.807, 2.05) is 5.43 Å². The van der Waals surface area contributed by atoms with E-state index in [-0.39, 0.29) is 11.4 Å². The van der Waals surface area contributed by atoms with Gasteiger partial charge in [-0.05, 0) is 18.2 Å². The predicted octanol–water partition coefficient (Wildman–Crippen LogP) is 0.891. The number of nitro benzene ring substituents is 2. The van der Waals surface area contributed by atoms with Crippen LogP contribution in [0.1, 0.15) is 0 Å². The molecule has 2 aromatic rings. The molecule has 0 aliphatic rings. The largest absolute Gasteiger partial charge is 0.484 e. The molecule has 2 rings (SSSR count). The summed E-state index contributed by atoms with van der Waals surface area (Å²) in [6.07, 6.45) is 0. The van der Waals surface area contributed by atoms with Crippen molar-refractivity contribution in [3.05, 3.63) is 68.8 Å². The van der Waals surface area contributed by atoms with Gasteiger partial charge in [0.05, 0.1) is 9.85 Å². The van der Waals surface area contributed by atoms with Gasteiger partial charge in [-0.2, -0.15) is 0 Å². The normalized spacial score (nSPS) is 10.8. The van der Waals surface area contributed by atoms with Gasteiger partial charge in [0.1, 0.15) is 5.75 Å². The third-order valence-electron chi connectivity index (χ3n) is 3.09. The number of nitro groups is 2. The number of carbonyl (C=O) groups excluding carboxylic acids is 1. The molecular weight excluding hydrogens is 384 g/mol. The minimum Gasteiger partial charge on any atom is -0.484 e. The van der Waals surface area contributed by atoms with Crippen LogP contribution in [0, 0.1) is 20.2 Å². The van der Waals surface area contributed by atoms with E-state index in [0.717, 1.165) is 12.1 Å². The molecule has 0 spiro atoms. The highest BCUT2D eigenvalue weighted by Crippen LogP contribution is 2.22. The van der Waals surface area contributed by atoms with Crippen LogP contribution in [0.15, 0.2) is 53.4 Å². The molecule has 0 atom stereocenters. The maximum Gasteiger partial charge on any atom is 0.289 e. The summed E-state index contributed by atoms with van der Waals surface area (Å²) < 4.78 is 29.3. The molecule has 0 heterocycles. The number of para-hydroxylation sites is 1. The average molecular weight is 396 g/mol. The van der Waals surface area contributed by atoms with E-state index in [9.17, 15) is 33.4 Å². The van der Waals surface area contributed by atoms with Crippen molar-refractivity contribution in [3.8, 4) is 5.75 Å². The first-order valence-electron chi connectivity index (χ1n) is 7.12. The Bertz CT molecular complexity index is 975. The molecule has 0 aliphatic carbocycles. The molecule has 0 bridgehead atoms. The zero-order chi connectivity index (χ0) is 20.0. The summed E-state index contributed by atoms with van der Waals surface area (Å²) in [6.45, 7) is -0.600. The number of hydrogen-bond acceptors (Lipinski definition) is 8. The summed E-state index contributed by atoms with van der Waals surface area (Å²) >= 11 is 0. The average Bonchev–Trinajstić information content (AvgIpc) is 2.65. The standard InChI is InChI=1S/C14H12N4O8S/c19-14(9-26-11-7-5-10(6-8-11)17(20)21)15-16-27(24,25)13-4-2-1-3-12(13)18(22)23/h1-8,16H,9H2,(H,15,19). The maximum atomic E-state index is 12.1. The van der Waals surface area contributed by atoms with Crippen LogP contribution in [0.3, 0.4) is 0 Å². The summed E-state index contributed by atoms with van der Waals surface area (Å²) in [7, 11) is -4.38. The van der Waals surface area contributed by atoms with Crippen LogP contribution in [0.4, 0.5) is 11.4 Å². The monoisotopic (exact) mass is 396 g/mol. The highest BCUT2D eigenvalue weighted by Gasteiger charge is 2.25. The van der Waals surface area contributed by atoms with Crippen LogP contribution in [0.2, 0.25) is 0 Å². The fraction of sp³-hybridized carbons (Fsp3) is 0.0714. The molecular formula is C14H12N4O8S. The lowest BCUT2D eigenvalue weighted by Gasteiger charge is -2.09. The predicted molar refractivity (Wildman–Crippen MR) is 90.2 cm³/mol. The van der Waals surface area contributed by atoms with E-state index < -0.39 is 43.0 Å². The van der Waals surface area contributed by atoms with Gasteiger partial charge in [-0.3, -0.25) is 30.4 Å². The lowest BCUT2D eigenvalue weighted by Crippen LogP contribution is -2.43. The Morgan fingerprint density at radius 1 is 1.00 bits per heavy atom. The van der Waals surface area contributed by atoms with Gasteiger partial charge in [-0.15, -0.1) is 4.83 Å². The third kappa shape index (κ3) is 5.20. The molecule has 0 saturated carbocycles. The van der Waals surface area contributed by atoms with Crippen molar-refractivity contribution < 1.29 is 27.8 Å². The molecule has 1 amide bonds. The van der Waals surface area contributed by atoms with Crippen LogP contribution < -0.4 is 15.0 Å². The summed E-state index contributed by atoms with van der Waals surface area (Å²) in [5, 5.41) is 21.4. The molecule has 0 radical (unpaired) electrons. The van der Waals surface area contributed by atoms with E-state index in [0.29, 0.717) is 0 Å². The van der Waals surface area contributed by atoms with Crippen molar-refractivity contribution in [1.82, 2.24) is 10.3 Å². The number of non-ortho nitro benzene ring substituents is 1. The molecule has 0 aromatic heterocycles. The Morgan fingerprint density at radius 3 is 2.22 bits per heavy atom. The van der Waals surface area contributed by atoms with Crippen molar-refractivity contribution in [2.24, 2.45) is 0 Å². The molecule has 2 N–H and O–H groups in total. The topological polar surface area (TPSA) is 171 Å². The third-order valence-corrected chi connectivity index (χ3v) is 4.39. The molecule has 0 aliphatic heterocycles. The molecule has 0 fully saturated rings. The van der Waals surface area contributed by atoms with Gasteiger partial charge in [0.25, 0.3) is 27.3 Å². The number of hydrogen-bond donors (Lipinski definition) is 2. The molecule has 0 saturated heterocycles. The lowest BCUT2D eigenvalue weighted by atomic mass is 10.3. The molecule has 0 unspecified atom stereocenters. The van der Waals surface area contributed by atoms with Crippen LogP contribution in [0.25, 0.3) is 0 Å². The zero-order valence-corrected chi connectivity index (χ0v) is 14.2. The summed E-state index contributed by atoms with van der Waals surface area (Å²) in [5.41, 5.74) is 1.04. The van der Waals surface area contributed by atoms with Crippen molar-refractivity contribution in [1.29, 1.82) is 0 Å².